The lowest BCUT2D eigenvalue weighted by Gasteiger charge is -2.19. The molecule has 1 amide bonds. The van der Waals surface area contributed by atoms with Crippen molar-refractivity contribution < 1.29 is 22.7 Å². The number of rotatable bonds is 9. The summed E-state index contributed by atoms with van der Waals surface area (Å²) in [6.45, 7) is 8.20. The predicted octanol–water partition coefficient (Wildman–Crippen LogP) is 4.48. The van der Waals surface area contributed by atoms with E-state index in [2.05, 4.69) is 10.0 Å². The quantitative estimate of drug-likeness (QED) is 0.568. The molecule has 0 atom stereocenters. The Labute approximate surface area is 178 Å². The zero-order valence-corrected chi connectivity index (χ0v) is 18.7. The number of carbonyl (C=O) groups excluding carboxylic acids is 1. The number of hydrogen-bond donors (Lipinski definition) is 2. The van der Waals surface area contributed by atoms with Crippen LogP contribution in [0.5, 0.6) is 5.75 Å². The molecule has 0 aliphatic carbocycles. The molecule has 0 saturated heterocycles. The number of hydrogen-bond acceptors (Lipinski definition) is 5. The first-order valence-corrected chi connectivity index (χ1v) is 11.3. The molecular formula is C22H30N2O5S. The summed E-state index contributed by atoms with van der Waals surface area (Å²) in [7, 11) is -3.70. The van der Waals surface area contributed by atoms with E-state index < -0.39 is 21.7 Å². The molecule has 2 N–H and O–H groups in total. The van der Waals surface area contributed by atoms with Gasteiger partial charge in [-0.2, -0.15) is 0 Å². The lowest BCUT2D eigenvalue weighted by Crippen LogP contribution is -2.33. The van der Waals surface area contributed by atoms with Gasteiger partial charge in [0, 0.05) is 6.54 Å². The van der Waals surface area contributed by atoms with Crippen molar-refractivity contribution in [3.63, 3.8) is 0 Å². The highest BCUT2D eigenvalue weighted by Crippen LogP contribution is 2.28. The van der Waals surface area contributed by atoms with Gasteiger partial charge in [-0.3, -0.25) is 4.72 Å². The Kier molecular flexibility index (Phi) is 8.11. The van der Waals surface area contributed by atoms with Crippen LogP contribution in [0.3, 0.4) is 0 Å². The van der Waals surface area contributed by atoms with Crippen LogP contribution < -0.4 is 14.8 Å². The largest absolute Gasteiger partial charge is 0.491 e. The van der Waals surface area contributed by atoms with Gasteiger partial charge in [0.05, 0.1) is 17.2 Å². The van der Waals surface area contributed by atoms with Crippen LogP contribution in [0, 0.1) is 6.92 Å². The Balaban J connectivity index is 1.88. The lowest BCUT2D eigenvalue weighted by atomic mass is 10.2. The van der Waals surface area contributed by atoms with E-state index in [0.29, 0.717) is 37.4 Å². The molecule has 0 heterocycles. The first-order chi connectivity index (χ1) is 14.1. The molecule has 0 spiro atoms. The summed E-state index contributed by atoms with van der Waals surface area (Å²) in [5.74, 6) is 0.467. The van der Waals surface area contributed by atoms with Gasteiger partial charge in [0.1, 0.15) is 11.4 Å². The van der Waals surface area contributed by atoms with E-state index >= 15 is 0 Å². The number of nitrogens with one attached hydrogen (secondary N) is 2. The minimum absolute atomic E-state index is 0.185. The van der Waals surface area contributed by atoms with Crippen LogP contribution in [0.25, 0.3) is 0 Å². The molecule has 2 aromatic carbocycles. The van der Waals surface area contributed by atoms with Crippen molar-refractivity contribution in [2.24, 2.45) is 0 Å². The lowest BCUT2D eigenvalue weighted by molar-refractivity contribution is 0.0526. The molecule has 0 aromatic heterocycles. The van der Waals surface area contributed by atoms with E-state index in [0.717, 1.165) is 5.56 Å². The molecule has 2 rings (SSSR count). The van der Waals surface area contributed by atoms with Crippen molar-refractivity contribution in [1.82, 2.24) is 5.32 Å². The van der Waals surface area contributed by atoms with Gasteiger partial charge in [0.15, 0.2) is 0 Å². The smallest absolute Gasteiger partial charge is 0.407 e. The summed E-state index contributed by atoms with van der Waals surface area (Å²) in [5, 5.41) is 2.70. The van der Waals surface area contributed by atoms with Crippen LogP contribution >= 0.6 is 0 Å². The topological polar surface area (TPSA) is 93.7 Å². The van der Waals surface area contributed by atoms with Crippen LogP contribution in [-0.2, 0) is 14.8 Å². The average Bonchev–Trinajstić information content (AvgIpc) is 2.65. The molecular weight excluding hydrogens is 404 g/mol. The summed E-state index contributed by atoms with van der Waals surface area (Å²) >= 11 is 0. The van der Waals surface area contributed by atoms with E-state index in [1.54, 1.807) is 30.3 Å². The van der Waals surface area contributed by atoms with Crippen LogP contribution in [-0.4, -0.2) is 33.3 Å². The van der Waals surface area contributed by atoms with E-state index in [4.69, 9.17) is 9.47 Å². The fourth-order valence-electron chi connectivity index (χ4n) is 2.55. The fraction of sp³-hybridized carbons (Fsp3) is 0.409. The summed E-state index contributed by atoms with van der Waals surface area (Å²) in [5.41, 5.74) is 0.817. The third-order valence-electron chi connectivity index (χ3n) is 3.93. The van der Waals surface area contributed by atoms with Gasteiger partial charge in [-0.25, -0.2) is 13.2 Å². The maximum absolute atomic E-state index is 12.6. The van der Waals surface area contributed by atoms with Gasteiger partial charge in [0.2, 0.25) is 0 Å². The number of unbranched alkanes of at least 4 members (excludes halogenated alkanes) is 1. The molecule has 0 bridgehead atoms. The highest BCUT2D eigenvalue weighted by molar-refractivity contribution is 7.92. The Morgan fingerprint density at radius 3 is 2.40 bits per heavy atom. The van der Waals surface area contributed by atoms with E-state index in [1.807, 2.05) is 33.8 Å². The van der Waals surface area contributed by atoms with Gasteiger partial charge in [0.25, 0.3) is 10.0 Å². The molecule has 0 saturated carbocycles. The zero-order chi connectivity index (χ0) is 22.2. The zero-order valence-electron chi connectivity index (χ0n) is 17.9. The number of aryl methyl sites for hydroxylation is 1. The Morgan fingerprint density at radius 1 is 1.03 bits per heavy atom. The minimum atomic E-state index is -3.70. The molecule has 0 aliphatic heterocycles. The van der Waals surface area contributed by atoms with Crippen LogP contribution in [0.1, 0.15) is 39.2 Å². The fourth-order valence-corrected chi connectivity index (χ4v) is 3.64. The van der Waals surface area contributed by atoms with Gasteiger partial charge < -0.3 is 14.8 Å². The Morgan fingerprint density at radius 2 is 1.73 bits per heavy atom. The molecule has 7 nitrogen and oxygen atoms in total. The first-order valence-electron chi connectivity index (χ1n) is 9.85. The van der Waals surface area contributed by atoms with Gasteiger partial charge in [-0.1, -0.05) is 24.3 Å². The van der Waals surface area contributed by atoms with Crippen molar-refractivity contribution in [1.29, 1.82) is 0 Å². The number of sulfonamides is 1. The second kappa shape index (κ2) is 10.3. The first kappa shape index (κ1) is 23.5. The van der Waals surface area contributed by atoms with Crippen molar-refractivity contribution >= 4 is 21.8 Å². The van der Waals surface area contributed by atoms with Crippen molar-refractivity contribution in [3.05, 3.63) is 54.1 Å². The third-order valence-corrected chi connectivity index (χ3v) is 5.31. The van der Waals surface area contributed by atoms with Gasteiger partial charge >= 0.3 is 6.09 Å². The van der Waals surface area contributed by atoms with Crippen molar-refractivity contribution in [2.45, 2.75) is 51.0 Å². The van der Waals surface area contributed by atoms with Crippen LogP contribution in [0.15, 0.2) is 53.4 Å². The predicted molar refractivity (Wildman–Crippen MR) is 117 cm³/mol. The van der Waals surface area contributed by atoms with Gasteiger partial charge in [-0.05, 0) is 70.4 Å². The van der Waals surface area contributed by atoms with E-state index in [9.17, 15) is 13.2 Å². The third kappa shape index (κ3) is 7.94. The number of alkyl carbamates (subject to hydrolysis) is 1. The second-order valence-corrected chi connectivity index (χ2v) is 9.58. The molecule has 0 radical (unpaired) electrons. The Bertz CT molecular complexity index is 938. The molecule has 2 aromatic rings. The molecule has 0 unspecified atom stereocenters. The maximum atomic E-state index is 12.6. The standard InChI is InChI=1S/C22H30N2O5S/c1-17-12-13-19(24-30(26,27)18-10-6-5-7-11-18)20(16-17)28-15-9-8-14-23-21(25)29-22(2,3)4/h5-7,10-13,16,24H,8-9,14-15H2,1-4H3,(H,23,25). The average molecular weight is 435 g/mol. The number of amides is 1. The molecule has 8 heteroatoms. The van der Waals surface area contributed by atoms with Crippen LogP contribution in [0.2, 0.25) is 0 Å². The van der Waals surface area contributed by atoms with E-state index in [-0.39, 0.29) is 4.90 Å². The second-order valence-electron chi connectivity index (χ2n) is 7.90. The number of anilines is 1. The molecule has 164 valence electrons. The highest BCUT2D eigenvalue weighted by Gasteiger charge is 2.17. The summed E-state index contributed by atoms with van der Waals surface area (Å²) in [6, 6.07) is 13.5. The van der Waals surface area contributed by atoms with Crippen molar-refractivity contribution in [3.8, 4) is 5.75 Å². The molecule has 30 heavy (non-hydrogen) atoms. The minimum Gasteiger partial charge on any atom is -0.491 e. The SMILES string of the molecule is Cc1ccc(NS(=O)(=O)c2ccccc2)c(OCCCCNC(=O)OC(C)(C)C)c1. The summed E-state index contributed by atoms with van der Waals surface area (Å²) in [6.07, 6.45) is 0.949. The Hall–Kier alpha value is -2.74. The van der Waals surface area contributed by atoms with Crippen molar-refractivity contribution in [2.75, 3.05) is 17.9 Å². The number of benzene rings is 2. The van der Waals surface area contributed by atoms with E-state index in [1.165, 1.54) is 12.1 Å². The molecule has 0 fully saturated rings. The number of carbonyl (C=O) groups is 1. The van der Waals surface area contributed by atoms with Gasteiger partial charge in [-0.15, -0.1) is 0 Å². The highest BCUT2D eigenvalue weighted by atomic mass is 32.2. The maximum Gasteiger partial charge on any atom is 0.407 e. The monoisotopic (exact) mass is 434 g/mol. The summed E-state index contributed by atoms with van der Waals surface area (Å²) < 4.78 is 38.8. The van der Waals surface area contributed by atoms with Crippen LogP contribution in [0.4, 0.5) is 10.5 Å². The number of ether oxygens (including phenoxy) is 2. The normalized spacial score (nSPS) is 11.6. The summed E-state index contributed by atoms with van der Waals surface area (Å²) in [4.78, 5) is 11.8. The molecule has 0 aliphatic rings.